The van der Waals surface area contributed by atoms with Gasteiger partial charge < -0.3 is 9.84 Å². The topological polar surface area (TPSA) is 92.3 Å². The third-order valence-corrected chi connectivity index (χ3v) is 2.04. The van der Waals surface area contributed by atoms with E-state index in [1.807, 2.05) is 0 Å². The Morgan fingerprint density at radius 1 is 1.64 bits per heavy atom. The summed E-state index contributed by atoms with van der Waals surface area (Å²) in [6, 6.07) is 0. The van der Waals surface area contributed by atoms with Gasteiger partial charge >= 0.3 is 5.97 Å². The monoisotopic (exact) mass is 216 g/mol. The molecule has 0 spiro atoms. The lowest BCUT2D eigenvalue weighted by molar-refractivity contribution is 0.0684. The van der Waals surface area contributed by atoms with Crippen molar-refractivity contribution < 1.29 is 14.6 Å². The molecule has 1 rings (SSSR count). The van der Waals surface area contributed by atoms with Gasteiger partial charge in [-0.25, -0.2) is 9.78 Å². The van der Waals surface area contributed by atoms with Crippen LogP contribution in [0.1, 0.15) is 10.5 Å². The Balaban J connectivity index is 3.43. The van der Waals surface area contributed by atoms with Crippen LogP contribution in [0.4, 0.5) is 0 Å². The molecule has 6 nitrogen and oxygen atoms in total. The molecule has 14 heavy (non-hydrogen) atoms. The van der Waals surface area contributed by atoms with Crippen molar-refractivity contribution in [3.05, 3.63) is 16.0 Å². The molecule has 1 aromatic heterocycles. The van der Waals surface area contributed by atoms with Crippen LogP contribution >= 0.6 is 11.8 Å². The summed E-state index contributed by atoms with van der Waals surface area (Å²) >= 11 is 1.15. The van der Waals surface area contributed by atoms with E-state index in [2.05, 4.69) is 14.7 Å². The van der Waals surface area contributed by atoms with Gasteiger partial charge in [0.05, 0.1) is 7.11 Å². The lowest BCUT2D eigenvalue weighted by atomic mass is 10.4. The van der Waals surface area contributed by atoms with E-state index in [0.29, 0.717) is 0 Å². The molecule has 0 aliphatic heterocycles. The number of nitrogens with zero attached hydrogens (tertiary/aromatic N) is 1. The highest BCUT2D eigenvalue weighted by Crippen LogP contribution is 2.13. The van der Waals surface area contributed by atoms with Gasteiger partial charge in [0, 0.05) is 0 Å². The number of carboxylic acid groups (broad SMARTS) is 1. The van der Waals surface area contributed by atoms with Crippen LogP contribution < -0.4 is 10.3 Å². The predicted molar refractivity (Wildman–Crippen MR) is 50.2 cm³/mol. The van der Waals surface area contributed by atoms with Gasteiger partial charge in [-0.05, 0) is 6.26 Å². The first-order valence-electron chi connectivity index (χ1n) is 3.55. The number of hydrogen-bond acceptors (Lipinski definition) is 5. The SMILES string of the molecule is COc1c(C(=O)O)nc(SC)[nH]c1=O. The number of carbonyl (C=O) groups is 1. The first-order valence-corrected chi connectivity index (χ1v) is 4.78. The first kappa shape index (κ1) is 10.6. The number of rotatable bonds is 3. The molecule has 2 N–H and O–H groups in total. The number of H-pyrrole nitrogens is 1. The fraction of sp³-hybridized carbons (Fsp3) is 0.286. The van der Waals surface area contributed by atoms with Crippen molar-refractivity contribution in [2.75, 3.05) is 13.4 Å². The quantitative estimate of drug-likeness (QED) is 0.553. The summed E-state index contributed by atoms with van der Waals surface area (Å²) in [4.78, 5) is 28.0. The Kier molecular flexibility index (Phi) is 3.13. The number of aromatic carboxylic acids is 1. The van der Waals surface area contributed by atoms with Gasteiger partial charge in [0.15, 0.2) is 10.9 Å². The van der Waals surface area contributed by atoms with Crippen molar-refractivity contribution in [3.8, 4) is 5.75 Å². The van der Waals surface area contributed by atoms with Crippen molar-refractivity contribution in [2.24, 2.45) is 0 Å². The zero-order valence-corrected chi connectivity index (χ0v) is 8.34. The summed E-state index contributed by atoms with van der Waals surface area (Å²) in [7, 11) is 1.22. The van der Waals surface area contributed by atoms with Crippen LogP contribution in [0, 0.1) is 0 Å². The van der Waals surface area contributed by atoms with Gasteiger partial charge in [-0.3, -0.25) is 9.78 Å². The van der Waals surface area contributed by atoms with Gasteiger partial charge in [-0.15, -0.1) is 0 Å². The molecule has 0 atom stereocenters. The number of nitrogens with one attached hydrogen (secondary N) is 1. The summed E-state index contributed by atoms with van der Waals surface area (Å²) in [6.45, 7) is 0. The second-order valence-electron chi connectivity index (χ2n) is 2.26. The number of methoxy groups -OCH3 is 1. The predicted octanol–water partition coefficient (Wildman–Crippen LogP) is 0.199. The minimum absolute atomic E-state index is 0.244. The Labute approximate surface area is 83.3 Å². The molecule has 7 heteroatoms. The zero-order valence-electron chi connectivity index (χ0n) is 7.53. The molecule has 0 saturated heterocycles. The van der Waals surface area contributed by atoms with E-state index in [4.69, 9.17) is 5.11 Å². The standard InChI is InChI=1S/C7H8N2O4S/c1-13-4-3(6(11)12)8-7(14-2)9-5(4)10/h1-2H3,(H,11,12)(H,8,9,10). The van der Waals surface area contributed by atoms with E-state index >= 15 is 0 Å². The maximum Gasteiger partial charge on any atom is 0.358 e. The molecular formula is C7H8N2O4S. The average Bonchev–Trinajstić information content (AvgIpc) is 2.16. The number of aromatic amines is 1. The summed E-state index contributed by atoms with van der Waals surface area (Å²) in [6.07, 6.45) is 1.68. The van der Waals surface area contributed by atoms with Crippen LogP contribution in [0.3, 0.4) is 0 Å². The van der Waals surface area contributed by atoms with Gasteiger partial charge in [0.2, 0.25) is 5.75 Å². The van der Waals surface area contributed by atoms with E-state index in [9.17, 15) is 9.59 Å². The molecule has 0 fully saturated rings. The van der Waals surface area contributed by atoms with Crippen molar-refractivity contribution in [1.82, 2.24) is 9.97 Å². The fourth-order valence-corrected chi connectivity index (χ4v) is 1.25. The number of ether oxygens (including phenoxy) is 1. The molecule has 0 unspecified atom stereocenters. The van der Waals surface area contributed by atoms with Gasteiger partial charge in [-0.1, -0.05) is 11.8 Å². The van der Waals surface area contributed by atoms with Gasteiger partial charge in [0.1, 0.15) is 0 Å². The molecule has 1 heterocycles. The van der Waals surface area contributed by atoms with Crippen molar-refractivity contribution >= 4 is 17.7 Å². The highest BCUT2D eigenvalue weighted by molar-refractivity contribution is 7.98. The molecule has 76 valence electrons. The summed E-state index contributed by atoms with van der Waals surface area (Å²) in [5.74, 6) is -1.57. The molecule has 0 amide bonds. The third-order valence-electron chi connectivity index (χ3n) is 1.46. The second-order valence-corrected chi connectivity index (χ2v) is 3.06. The van der Waals surface area contributed by atoms with Gasteiger partial charge in [-0.2, -0.15) is 0 Å². The van der Waals surface area contributed by atoms with Crippen molar-refractivity contribution in [3.63, 3.8) is 0 Å². The maximum absolute atomic E-state index is 11.3. The molecule has 0 radical (unpaired) electrons. The molecule has 0 aromatic carbocycles. The molecule has 1 aromatic rings. The zero-order chi connectivity index (χ0) is 10.7. The van der Waals surface area contributed by atoms with Crippen molar-refractivity contribution in [2.45, 2.75) is 5.16 Å². The third kappa shape index (κ3) is 1.87. The number of thioether (sulfide) groups is 1. The van der Waals surface area contributed by atoms with Crippen LogP contribution in [-0.4, -0.2) is 34.4 Å². The van der Waals surface area contributed by atoms with E-state index < -0.39 is 11.5 Å². The molecule has 0 aliphatic rings. The smallest absolute Gasteiger partial charge is 0.358 e. The van der Waals surface area contributed by atoms with Crippen LogP contribution in [0.15, 0.2) is 9.95 Å². The first-order chi connectivity index (χ1) is 6.60. The van der Waals surface area contributed by atoms with E-state index in [0.717, 1.165) is 11.8 Å². The summed E-state index contributed by atoms with van der Waals surface area (Å²) in [5.41, 5.74) is -0.968. The average molecular weight is 216 g/mol. The van der Waals surface area contributed by atoms with E-state index in [1.54, 1.807) is 6.26 Å². The fourth-order valence-electron chi connectivity index (χ4n) is 0.873. The molecule has 0 saturated carbocycles. The minimum atomic E-state index is -1.29. The van der Waals surface area contributed by atoms with Crippen LogP contribution in [0.25, 0.3) is 0 Å². The van der Waals surface area contributed by atoms with Crippen LogP contribution in [-0.2, 0) is 0 Å². The van der Waals surface area contributed by atoms with Crippen LogP contribution in [0.5, 0.6) is 5.75 Å². The number of carboxylic acids is 1. The largest absolute Gasteiger partial charge is 0.489 e. The Bertz CT molecular complexity index is 415. The van der Waals surface area contributed by atoms with E-state index in [1.165, 1.54) is 7.11 Å². The van der Waals surface area contributed by atoms with E-state index in [-0.39, 0.29) is 16.6 Å². The van der Waals surface area contributed by atoms with Crippen molar-refractivity contribution in [1.29, 1.82) is 0 Å². The number of aromatic nitrogens is 2. The Hall–Kier alpha value is -1.50. The molecular weight excluding hydrogens is 208 g/mol. The Morgan fingerprint density at radius 2 is 2.29 bits per heavy atom. The maximum atomic E-state index is 11.3. The summed E-state index contributed by atoms with van der Waals surface area (Å²) in [5, 5.41) is 8.98. The molecule has 0 bridgehead atoms. The molecule has 0 aliphatic carbocycles. The highest BCUT2D eigenvalue weighted by Gasteiger charge is 2.17. The van der Waals surface area contributed by atoms with Crippen LogP contribution in [0.2, 0.25) is 0 Å². The lowest BCUT2D eigenvalue weighted by Crippen LogP contribution is -2.17. The Morgan fingerprint density at radius 3 is 2.71 bits per heavy atom. The normalized spacial score (nSPS) is 9.86. The highest BCUT2D eigenvalue weighted by atomic mass is 32.2. The summed E-state index contributed by atoms with van der Waals surface area (Å²) < 4.78 is 4.64. The lowest BCUT2D eigenvalue weighted by Gasteiger charge is -2.03. The second kappa shape index (κ2) is 4.14. The van der Waals surface area contributed by atoms with Gasteiger partial charge in [0.25, 0.3) is 5.56 Å². The minimum Gasteiger partial charge on any atom is -0.489 e. The number of hydrogen-bond donors (Lipinski definition) is 2.